The van der Waals surface area contributed by atoms with Gasteiger partial charge in [-0.05, 0) is 48.7 Å². The molecule has 2 aromatic rings. The maximum absolute atomic E-state index is 13.0. The molecule has 0 saturated heterocycles. The van der Waals surface area contributed by atoms with E-state index in [9.17, 15) is 9.18 Å². The summed E-state index contributed by atoms with van der Waals surface area (Å²) in [6.07, 6.45) is 0.769. The van der Waals surface area contributed by atoms with Crippen molar-refractivity contribution in [2.45, 2.75) is 32.4 Å². The number of ether oxygens (including phenoxy) is 1. The van der Waals surface area contributed by atoms with Gasteiger partial charge in [-0.1, -0.05) is 31.2 Å². The van der Waals surface area contributed by atoms with E-state index in [0.29, 0.717) is 0 Å². The molecule has 0 aromatic heterocycles. The Morgan fingerprint density at radius 1 is 1.04 bits per heavy atom. The van der Waals surface area contributed by atoms with Gasteiger partial charge in [0.1, 0.15) is 11.6 Å². The minimum Gasteiger partial charge on any atom is -0.497 e. The first kappa shape index (κ1) is 17.8. The van der Waals surface area contributed by atoms with Gasteiger partial charge in [-0.2, -0.15) is 0 Å². The molecule has 4 nitrogen and oxygen atoms in total. The second kappa shape index (κ2) is 8.34. The number of halogens is 1. The molecule has 2 rings (SSSR count). The van der Waals surface area contributed by atoms with Gasteiger partial charge in [0.25, 0.3) is 0 Å². The quantitative estimate of drug-likeness (QED) is 0.827. The van der Waals surface area contributed by atoms with Gasteiger partial charge in [-0.25, -0.2) is 9.18 Å². The zero-order valence-electron chi connectivity index (χ0n) is 14.2. The van der Waals surface area contributed by atoms with Gasteiger partial charge in [-0.15, -0.1) is 0 Å². The highest BCUT2D eigenvalue weighted by molar-refractivity contribution is 5.75. The van der Waals surface area contributed by atoms with Crippen molar-refractivity contribution in [2.75, 3.05) is 7.11 Å². The SMILES string of the molecule is CCC(NC(=O)NC(C)c1ccc(F)cc1)c1ccc(OC)cc1. The first-order chi connectivity index (χ1) is 11.5. The monoisotopic (exact) mass is 330 g/mol. The Kier molecular flexibility index (Phi) is 6.18. The van der Waals surface area contributed by atoms with Crippen LogP contribution in [-0.2, 0) is 0 Å². The van der Waals surface area contributed by atoms with Gasteiger partial charge in [-0.3, -0.25) is 0 Å². The smallest absolute Gasteiger partial charge is 0.315 e. The van der Waals surface area contributed by atoms with Crippen LogP contribution >= 0.6 is 0 Å². The molecule has 0 bridgehead atoms. The van der Waals surface area contributed by atoms with Crippen molar-refractivity contribution in [3.63, 3.8) is 0 Å². The first-order valence-corrected chi connectivity index (χ1v) is 8.00. The van der Waals surface area contributed by atoms with E-state index in [4.69, 9.17) is 4.74 Å². The molecule has 128 valence electrons. The van der Waals surface area contributed by atoms with Crippen molar-refractivity contribution in [3.8, 4) is 5.75 Å². The summed E-state index contributed by atoms with van der Waals surface area (Å²) in [6.45, 7) is 3.87. The van der Waals surface area contributed by atoms with E-state index in [1.54, 1.807) is 19.2 Å². The minimum atomic E-state index is -0.291. The Hall–Kier alpha value is -2.56. The fourth-order valence-electron chi connectivity index (χ4n) is 2.49. The number of urea groups is 1. The molecule has 0 heterocycles. The van der Waals surface area contributed by atoms with Crippen molar-refractivity contribution in [1.82, 2.24) is 10.6 Å². The summed E-state index contributed by atoms with van der Waals surface area (Å²) in [7, 11) is 1.62. The average molecular weight is 330 g/mol. The summed E-state index contributed by atoms with van der Waals surface area (Å²) >= 11 is 0. The molecule has 24 heavy (non-hydrogen) atoms. The van der Waals surface area contributed by atoms with Gasteiger partial charge in [0, 0.05) is 0 Å². The molecule has 0 radical (unpaired) electrons. The first-order valence-electron chi connectivity index (χ1n) is 8.00. The van der Waals surface area contributed by atoms with Crippen LogP contribution in [-0.4, -0.2) is 13.1 Å². The molecular formula is C19H23FN2O2. The summed E-state index contributed by atoms with van der Waals surface area (Å²) in [6, 6.07) is 13.2. The summed E-state index contributed by atoms with van der Waals surface area (Å²) < 4.78 is 18.1. The predicted octanol–water partition coefficient (Wildman–Crippen LogP) is 4.35. The minimum absolute atomic E-state index is 0.0867. The number of rotatable bonds is 6. The Labute approximate surface area is 142 Å². The highest BCUT2D eigenvalue weighted by Crippen LogP contribution is 2.20. The summed E-state index contributed by atoms with van der Waals surface area (Å²) in [5.41, 5.74) is 1.87. The van der Waals surface area contributed by atoms with Gasteiger partial charge in [0.2, 0.25) is 0 Å². The van der Waals surface area contributed by atoms with E-state index >= 15 is 0 Å². The van der Waals surface area contributed by atoms with E-state index in [-0.39, 0.29) is 23.9 Å². The lowest BCUT2D eigenvalue weighted by atomic mass is 10.0. The van der Waals surface area contributed by atoms with Crippen molar-refractivity contribution < 1.29 is 13.9 Å². The van der Waals surface area contributed by atoms with Crippen LogP contribution in [0.5, 0.6) is 5.75 Å². The van der Waals surface area contributed by atoms with Gasteiger partial charge >= 0.3 is 6.03 Å². The van der Waals surface area contributed by atoms with Crippen molar-refractivity contribution >= 4 is 6.03 Å². The number of hydrogen-bond donors (Lipinski definition) is 2. The van der Waals surface area contributed by atoms with Crippen LogP contribution in [0.3, 0.4) is 0 Å². The van der Waals surface area contributed by atoms with E-state index in [1.165, 1.54) is 12.1 Å². The predicted molar refractivity (Wildman–Crippen MR) is 92.5 cm³/mol. The molecule has 2 aromatic carbocycles. The highest BCUT2D eigenvalue weighted by Gasteiger charge is 2.15. The fourth-order valence-corrected chi connectivity index (χ4v) is 2.49. The third kappa shape index (κ3) is 4.72. The molecule has 0 spiro atoms. The Bertz CT molecular complexity index is 656. The van der Waals surface area contributed by atoms with Gasteiger partial charge in [0.05, 0.1) is 19.2 Å². The van der Waals surface area contributed by atoms with E-state index in [2.05, 4.69) is 10.6 Å². The van der Waals surface area contributed by atoms with Crippen molar-refractivity contribution in [3.05, 3.63) is 65.5 Å². The largest absolute Gasteiger partial charge is 0.497 e. The molecule has 5 heteroatoms. The fraction of sp³-hybridized carbons (Fsp3) is 0.316. The molecule has 2 unspecified atom stereocenters. The lowest BCUT2D eigenvalue weighted by Gasteiger charge is -2.21. The zero-order valence-corrected chi connectivity index (χ0v) is 14.2. The number of hydrogen-bond acceptors (Lipinski definition) is 2. The molecule has 2 N–H and O–H groups in total. The lowest BCUT2D eigenvalue weighted by molar-refractivity contribution is 0.233. The number of nitrogens with one attached hydrogen (secondary N) is 2. The second-order valence-electron chi connectivity index (χ2n) is 5.63. The number of amides is 2. The van der Waals surface area contributed by atoms with Gasteiger partial charge < -0.3 is 15.4 Å². The molecule has 0 fully saturated rings. The van der Waals surface area contributed by atoms with Crippen LogP contribution in [0, 0.1) is 5.82 Å². The zero-order chi connectivity index (χ0) is 17.5. The normalized spacial score (nSPS) is 13.0. The van der Waals surface area contributed by atoms with E-state index in [1.807, 2.05) is 38.1 Å². The number of methoxy groups -OCH3 is 1. The van der Waals surface area contributed by atoms with Crippen LogP contribution < -0.4 is 15.4 Å². The average Bonchev–Trinajstić information content (AvgIpc) is 2.60. The molecule has 2 atom stereocenters. The number of carbonyl (C=O) groups is 1. The number of carbonyl (C=O) groups excluding carboxylic acids is 1. The maximum atomic E-state index is 13.0. The van der Waals surface area contributed by atoms with E-state index in [0.717, 1.165) is 23.3 Å². The van der Waals surface area contributed by atoms with Crippen LogP contribution in [0.1, 0.15) is 43.5 Å². The van der Waals surface area contributed by atoms with Crippen LogP contribution in [0.15, 0.2) is 48.5 Å². The van der Waals surface area contributed by atoms with E-state index < -0.39 is 0 Å². The topological polar surface area (TPSA) is 50.4 Å². The molecule has 0 saturated carbocycles. The van der Waals surface area contributed by atoms with Crippen molar-refractivity contribution in [2.24, 2.45) is 0 Å². The van der Waals surface area contributed by atoms with Gasteiger partial charge in [0.15, 0.2) is 0 Å². The Morgan fingerprint density at radius 3 is 2.17 bits per heavy atom. The highest BCUT2D eigenvalue weighted by atomic mass is 19.1. The summed E-state index contributed by atoms with van der Waals surface area (Å²) in [4.78, 5) is 12.2. The van der Waals surface area contributed by atoms with Crippen molar-refractivity contribution in [1.29, 1.82) is 0 Å². The molecule has 0 aliphatic carbocycles. The second-order valence-corrected chi connectivity index (χ2v) is 5.63. The third-order valence-electron chi connectivity index (χ3n) is 3.95. The van der Waals surface area contributed by atoms with Crippen LogP contribution in [0.2, 0.25) is 0 Å². The molecule has 2 amide bonds. The number of benzene rings is 2. The summed E-state index contributed by atoms with van der Waals surface area (Å²) in [5, 5.41) is 5.84. The molecular weight excluding hydrogens is 307 g/mol. The third-order valence-corrected chi connectivity index (χ3v) is 3.95. The van der Waals surface area contributed by atoms with Crippen LogP contribution in [0.25, 0.3) is 0 Å². The maximum Gasteiger partial charge on any atom is 0.315 e. The molecule has 0 aliphatic heterocycles. The molecule has 0 aliphatic rings. The standard InChI is InChI=1S/C19H23FN2O2/c1-4-18(15-7-11-17(24-3)12-8-15)22-19(23)21-13(2)14-5-9-16(20)10-6-14/h5-13,18H,4H2,1-3H3,(H2,21,22,23). The lowest BCUT2D eigenvalue weighted by Crippen LogP contribution is -2.39. The van der Waals surface area contributed by atoms with Crippen LogP contribution in [0.4, 0.5) is 9.18 Å². The Morgan fingerprint density at radius 2 is 1.62 bits per heavy atom. The summed E-state index contributed by atoms with van der Waals surface area (Å²) in [5.74, 6) is 0.490. The Balaban J connectivity index is 1.96.